The van der Waals surface area contributed by atoms with E-state index in [0.717, 1.165) is 0 Å². The summed E-state index contributed by atoms with van der Waals surface area (Å²) in [6, 6.07) is 6.90. The van der Waals surface area contributed by atoms with Crippen molar-refractivity contribution in [3.63, 3.8) is 0 Å². The molecule has 1 fully saturated rings. The van der Waals surface area contributed by atoms with E-state index in [1.54, 1.807) is 29.2 Å². The molecule has 0 unspecified atom stereocenters. The number of thiocarbonyl (C=S) groups is 1. The maximum atomic E-state index is 13.1. The van der Waals surface area contributed by atoms with Gasteiger partial charge in [-0.05, 0) is 43.4 Å². The number of rotatable bonds is 8. The second-order valence-electron chi connectivity index (χ2n) is 7.18. The Morgan fingerprint density at radius 3 is 2.65 bits per heavy atom. The number of H-pyrrole nitrogens is 1. The maximum absolute atomic E-state index is 13.1. The van der Waals surface area contributed by atoms with E-state index >= 15 is 0 Å². The Balaban J connectivity index is 1.75. The zero-order valence-electron chi connectivity index (χ0n) is 18.0. The molecule has 182 valence electrons. The van der Waals surface area contributed by atoms with E-state index in [-0.39, 0.29) is 24.7 Å². The van der Waals surface area contributed by atoms with Gasteiger partial charge in [0, 0.05) is 18.2 Å². The summed E-state index contributed by atoms with van der Waals surface area (Å²) in [6.45, 7) is 2.18. The fraction of sp³-hybridized carbons (Fsp3) is 0.409. The monoisotopic (exact) mass is 498 g/mol. The summed E-state index contributed by atoms with van der Waals surface area (Å²) in [6.07, 6.45) is -1.94. The molecule has 12 heteroatoms. The topological polar surface area (TPSA) is 91.8 Å². The van der Waals surface area contributed by atoms with Gasteiger partial charge in [-0.2, -0.15) is 13.2 Å². The van der Waals surface area contributed by atoms with Crippen molar-refractivity contribution in [3.05, 3.63) is 62.4 Å². The van der Waals surface area contributed by atoms with Crippen molar-refractivity contribution in [3.8, 4) is 18.1 Å². The molecule has 3 atom stereocenters. The molecule has 2 aromatic rings. The Kier molecular flexibility index (Phi) is 8.14. The zero-order chi connectivity index (χ0) is 24.9. The summed E-state index contributed by atoms with van der Waals surface area (Å²) < 4.78 is 62.4. The lowest BCUT2D eigenvalue weighted by Crippen LogP contribution is -2.36. The van der Waals surface area contributed by atoms with Gasteiger partial charge in [-0.1, -0.05) is 5.92 Å². The number of terminal acetylenes is 1. The minimum Gasteiger partial charge on any atom is -0.494 e. The van der Waals surface area contributed by atoms with Crippen molar-refractivity contribution in [2.24, 2.45) is 0 Å². The van der Waals surface area contributed by atoms with Crippen LogP contribution in [-0.4, -0.2) is 46.6 Å². The number of hydrogen-bond donors (Lipinski definition) is 1. The van der Waals surface area contributed by atoms with E-state index in [9.17, 15) is 22.8 Å². The van der Waals surface area contributed by atoms with Gasteiger partial charge in [-0.15, -0.1) is 6.42 Å². The van der Waals surface area contributed by atoms with Crippen LogP contribution in [-0.2, 0) is 20.4 Å². The molecule has 2 heterocycles. The number of aromatic amines is 1. The minimum atomic E-state index is -4.95. The van der Waals surface area contributed by atoms with Crippen LogP contribution in [0.2, 0.25) is 0 Å². The standard InChI is InChI=1S/C22H21F3N2O6S/c1-3-9-31-16-10-18(27-11-15(22(23,24)25)19(28)26-21(27)29)33-17(16)12-32-20(34)13-5-7-14(8-6-13)30-4-2/h1,5-8,11,16-18H,4,9-10,12H2,2H3,(H,26,28,29)/t16-,17+,18+/m0/s1. The van der Waals surface area contributed by atoms with Gasteiger partial charge in [-0.3, -0.25) is 14.3 Å². The van der Waals surface area contributed by atoms with Crippen LogP contribution >= 0.6 is 12.2 Å². The van der Waals surface area contributed by atoms with Crippen LogP contribution < -0.4 is 16.0 Å². The first-order chi connectivity index (χ1) is 16.1. The molecule has 0 radical (unpaired) electrons. The van der Waals surface area contributed by atoms with Crippen LogP contribution in [0.4, 0.5) is 13.2 Å². The third-order valence-electron chi connectivity index (χ3n) is 4.92. The van der Waals surface area contributed by atoms with Gasteiger partial charge in [0.15, 0.2) is 5.05 Å². The first kappa shape index (κ1) is 25.5. The van der Waals surface area contributed by atoms with Crippen molar-refractivity contribution in [2.45, 2.75) is 38.0 Å². The normalized spacial score (nSPS) is 20.0. The van der Waals surface area contributed by atoms with Crippen molar-refractivity contribution >= 4 is 17.3 Å². The Labute approximate surface area is 197 Å². The third-order valence-corrected chi connectivity index (χ3v) is 5.28. The summed E-state index contributed by atoms with van der Waals surface area (Å²) in [4.78, 5) is 25.4. The highest BCUT2D eigenvalue weighted by atomic mass is 32.1. The van der Waals surface area contributed by atoms with Gasteiger partial charge in [0.1, 0.15) is 36.9 Å². The average Bonchev–Trinajstić information content (AvgIpc) is 3.18. The molecule has 0 spiro atoms. The number of halogens is 3. The second-order valence-corrected chi connectivity index (χ2v) is 7.55. The van der Waals surface area contributed by atoms with Gasteiger partial charge in [0.25, 0.3) is 5.56 Å². The van der Waals surface area contributed by atoms with E-state index in [4.69, 9.17) is 37.6 Å². The third kappa shape index (κ3) is 6.05. The van der Waals surface area contributed by atoms with Crippen LogP contribution in [0.1, 0.15) is 30.7 Å². The lowest BCUT2D eigenvalue weighted by atomic mass is 10.2. The molecule has 3 rings (SSSR count). The highest BCUT2D eigenvalue weighted by molar-refractivity contribution is 7.80. The van der Waals surface area contributed by atoms with E-state index < -0.39 is 41.4 Å². The van der Waals surface area contributed by atoms with Crippen LogP contribution in [0.25, 0.3) is 0 Å². The fourth-order valence-electron chi connectivity index (χ4n) is 3.35. The van der Waals surface area contributed by atoms with Crippen LogP contribution in [0, 0.1) is 12.3 Å². The molecule has 1 aliphatic heterocycles. The number of nitrogens with zero attached hydrogens (tertiary/aromatic N) is 1. The van der Waals surface area contributed by atoms with Gasteiger partial charge < -0.3 is 18.9 Å². The second kappa shape index (κ2) is 10.9. The highest BCUT2D eigenvalue weighted by Gasteiger charge is 2.40. The predicted octanol–water partition coefficient (Wildman–Crippen LogP) is 2.65. The Bertz CT molecular complexity index is 1170. The van der Waals surface area contributed by atoms with Crippen molar-refractivity contribution in [1.82, 2.24) is 9.55 Å². The summed E-state index contributed by atoms with van der Waals surface area (Å²) in [5.74, 6) is 2.97. The molecule has 1 aromatic carbocycles. The summed E-state index contributed by atoms with van der Waals surface area (Å²) in [7, 11) is 0. The van der Waals surface area contributed by atoms with Crippen molar-refractivity contribution < 1.29 is 32.1 Å². The highest BCUT2D eigenvalue weighted by Crippen LogP contribution is 2.32. The molecular formula is C22H21F3N2O6S. The summed E-state index contributed by atoms with van der Waals surface area (Å²) in [5, 5.41) is 0.159. The number of aromatic nitrogens is 2. The largest absolute Gasteiger partial charge is 0.494 e. The molecular weight excluding hydrogens is 477 g/mol. The molecule has 0 saturated carbocycles. The van der Waals surface area contributed by atoms with Gasteiger partial charge in [-0.25, -0.2) is 4.79 Å². The molecule has 0 bridgehead atoms. The number of benzene rings is 1. The smallest absolute Gasteiger partial charge is 0.423 e. The Morgan fingerprint density at radius 2 is 2.03 bits per heavy atom. The van der Waals surface area contributed by atoms with Crippen molar-refractivity contribution in [1.29, 1.82) is 0 Å². The molecule has 1 saturated heterocycles. The molecule has 34 heavy (non-hydrogen) atoms. The number of ether oxygens (including phenoxy) is 4. The molecule has 0 amide bonds. The number of hydrogen-bond acceptors (Lipinski definition) is 7. The molecule has 1 N–H and O–H groups in total. The van der Waals surface area contributed by atoms with E-state index in [2.05, 4.69) is 5.92 Å². The minimum absolute atomic E-state index is 0.00519. The first-order valence-electron chi connectivity index (χ1n) is 10.2. The molecule has 8 nitrogen and oxygen atoms in total. The lowest BCUT2D eigenvalue weighted by Gasteiger charge is -2.19. The molecule has 1 aliphatic rings. The van der Waals surface area contributed by atoms with Crippen LogP contribution in [0.5, 0.6) is 5.75 Å². The Morgan fingerprint density at radius 1 is 1.32 bits per heavy atom. The lowest BCUT2D eigenvalue weighted by molar-refractivity contribution is -0.139. The van der Waals surface area contributed by atoms with E-state index in [1.165, 1.54) is 0 Å². The molecule has 0 aliphatic carbocycles. The SMILES string of the molecule is C#CCO[C@H]1C[C@H](n2cc(C(F)(F)F)c(=O)[nH]c2=O)O[C@@H]1COC(=S)c1ccc(OCC)cc1. The Hall–Kier alpha value is -3.14. The molecule has 1 aromatic heterocycles. The van der Waals surface area contributed by atoms with Gasteiger partial charge >= 0.3 is 11.9 Å². The van der Waals surface area contributed by atoms with Crippen molar-refractivity contribution in [2.75, 3.05) is 19.8 Å². The van der Waals surface area contributed by atoms with Gasteiger partial charge in [0.05, 0.1) is 12.7 Å². The maximum Gasteiger partial charge on any atom is 0.423 e. The number of nitrogens with one attached hydrogen (secondary N) is 1. The zero-order valence-corrected chi connectivity index (χ0v) is 18.8. The van der Waals surface area contributed by atoms with Gasteiger partial charge in [0.2, 0.25) is 0 Å². The van der Waals surface area contributed by atoms with E-state index in [0.29, 0.717) is 28.7 Å². The quantitative estimate of drug-likeness (QED) is 0.442. The fourth-order valence-corrected chi connectivity index (χ4v) is 3.55. The predicted molar refractivity (Wildman–Crippen MR) is 119 cm³/mol. The van der Waals surface area contributed by atoms with Crippen LogP contribution in [0.15, 0.2) is 40.1 Å². The van der Waals surface area contributed by atoms with E-state index in [1.807, 2.05) is 6.92 Å². The average molecular weight is 498 g/mol. The summed E-state index contributed by atoms with van der Waals surface area (Å²) in [5.41, 5.74) is -3.49. The van der Waals surface area contributed by atoms with Crippen LogP contribution in [0.3, 0.4) is 0 Å². The first-order valence-corrected chi connectivity index (χ1v) is 10.6. The number of alkyl halides is 3. The summed E-state index contributed by atoms with van der Waals surface area (Å²) >= 11 is 5.29.